The Balaban J connectivity index is 1.64. The summed E-state index contributed by atoms with van der Waals surface area (Å²) in [4.78, 5) is 4.23. The minimum absolute atomic E-state index is 0.100. The highest BCUT2D eigenvalue weighted by Crippen LogP contribution is 2.49. The van der Waals surface area contributed by atoms with Gasteiger partial charge >= 0.3 is 0 Å². The Morgan fingerprint density at radius 1 is 1.32 bits per heavy atom. The number of guanidine groups is 1. The largest absolute Gasteiger partial charge is 0.356 e. The number of aliphatic imine (C=N–C) groups is 1. The van der Waals surface area contributed by atoms with Gasteiger partial charge < -0.3 is 10.6 Å². The molecule has 22 heavy (non-hydrogen) atoms. The Morgan fingerprint density at radius 3 is 2.64 bits per heavy atom. The number of rotatable bonds is 7. The van der Waals surface area contributed by atoms with Gasteiger partial charge in [0.25, 0.3) is 0 Å². The minimum Gasteiger partial charge on any atom is -0.356 e. The molecule has 6 heteroatoms. The first-order valence-electron chi connectivity index (χ1n) is 8.52. The van der Waals surface area contributed by atoms with Crippen molar-refractivity contribution in [3.05, 3.63) is 0 Å². The van der Waals surface area contributed by atoms with Crippen LogP contribution in [0.15, 0.2) is 4.99 Å². The SMILES string of the molecule is CN=C(NCCC1CC2CCC1C2)NC(C)CCS(C)(=O)=O. The summed E-state index contributed by atoms with van der Waals surface area (Å²) in [6, 6.07) is 0.100. The molecule has 0 aromatic rings. The molecular weight excluding hydrogens is 298 g/mol. The molecule has 128 valence electrons. The van der Waals surface area contributed by atoms with E-state index in [1.165, 1.54) is 38.4 Å². The van der Waals surface area contributed by atoms with Gasteiger partial charge in [0.2, 0.25) is 0 Å². The number of hydrogen-bond acceptors (Lipinski definition) is 3. The zero-order chi connectivity index (χ0) is 16.2. The van der Waals surface area contributed by atoms with Crippen molar-refractivity contribution in [2.24, 2.45) is 22.7 Å². The lowest BCUT2D eigenvalue weighted by Crippen LogP contribution is -2.43. The van der Waals surface area contributed by atoms with E-state index < -0.39 is 9.84 Å². The molecule has 0 heterocycles. The van der Waals surface area contributed by atoms with E-state index in [0.717, 1.165) is 30.3 Å². The van der Waals surface area contributed by atoms with Crippen LogP contribution in [0.3, 0.4) is 0 Å². The summed E-state index contributed by atoms with van der Waals surface area (Å²) in [6.07, 6.45) is 8.87. The van der Waals surface area contributed by atoms with Gasteiger partial charge in [-0.2, -0.15) is 0 Å². The molecule has 2 bridgehead atoms. The summed E-state index contributed by atoms with van der Waals surface area (Å²) in [7, 11) is -1.13. The average Bonchev–Trinajstić information content (AvgIpc) is 3.06. The van der Waals surface area contributed by atoms with Gasteiger partial charge in [0, 0.05) is 25.9 Å². The molecule has 0 saturated heterocycles. The van der Waals surface area contributed by atoms with Crippen molar-refractivity contribution in [2.45, 2.75) is 51.5 Å². The Morgan fingerprint density at radius 2 is 2.09 bits per heavy atom. The number of fused-ring (bicyclic) bond motifs is 2. The quantitative estimate of drug-likeness (QED) is 0.552. The predicted molar refractivity (Wildman–Crippen MR) is 91.8 cm³/mol. The van der Waals surface area contributed by atoms with Gasteiger partial charge in [-0.25, -0.2) is 8.42 Å². The number of nitrogens with one attached hydrogen (secondary N) is 2. The lowest BCUT2D eigenvalue weighted by Gasteiger charge is -2.23. The summed E-state index contributed by atoms with van der Waals surface area (Å²) in [5.41, 5.74) is 0. The zero-order valence-corrected chi connectivity index (χ0v) is 15.0. The van der Waals surface area contributed by atoms with E-state index in [0.29, 0.717) is 6.42 Å². The second-order valence-corrected chi connectivity index (χ2v) is 9.45. The second kappa shape index (κ2) is 7.66. The van der Waals surface area contributed by atoms with E-state index in [2.05, 4.69) is 15.6 Å². The highest BCUT2D eigenvalue weighted by Gasteiger charge is 2.38. The van der Waals surface area contributed by atoms with Crippen LogP contribution in [-0.4, -0.2) is 46.0 Å². The molecule has 4 unspecified atom stereocenters. The van der Waals surface area contributed by atoms with Crippen LogP contribution in [0.5, 0.6) is 0 Å². The normalized spacial score (nSPS) is 29.6. The van der Waals surface area contributed by atoms with E-state index in [-0.39, 0.29) is 11.8 Å². The van der Waals surface area contributed by atoms with Crippen molar-refractivity contribution in [2.75, 3.05) is 25.6 Å². The Labute approximate surface area is 135 Å². The molecule has 2 fully saturated rings. The molecule has 0 amide bonds. The van der Waals surface area contributed by atoms with Crippen molar-refractivity contribution >= 4 is 15.8 Å². The summed E-state index contributed by atoms with van der Waals surface area (Å²) in [6.45, 7) is 2.94. The molecule has 0 aromatic heterocycles. The predicted octanol–water partition coefficient (Wildman–Crippen LogP) is 1.80. The minimum atomic E-state index is -2.89. The molecule has 2 aliphatic carbocycles. The van der Waals surface area contributed by atoms with Gasteiger partial charge in [0.15, 0.2) is 5.96 Å². The van der Waals surface area contributed by atoms with Crippen LogP contribution in [0.2, 0.25) is 0 Å². The Kier molecular flexibility index (Phi) is 6.12. The topological polar surface area (TPSA) is 70.6 Å². The lowest BCUT2D eigenvalue weighted by atomic mass is 9.86. The lowest BCUT2D eigenvalue weighted by molar-refractivity contribution is 0.315. The van der Waals surface area contributed by atoms with E-state index >= 15 is 0 Å². The molecule has 4 atom stereocenters. The van der Waals surface area contributed by atoms with Crippen molar-refractivity contribution in [3.8, 4) is 0 Å². The molecule has 2 saturated carbocycles. The third-order valence-corrected chi connectivity index (χ3v) is 6.20. The molecule has 0 radical (unpaired) electrons. The van der Waals surface area contributed by atoms with Gasteiger partial charge in [-0.05, 0) is 56.8 Å². The molecule has 2 N–H and O–H groups in total. The standard InChI is InChI=1S/C16H31N3O2S/c1-12(7-9-22(3,20)21)19-16(17-2)18-8-6-15-11-13-4-5-14(15)10-13/h12-15H,4-11H2,1-3H3,(H2,17,18,19). The molecule has 0 aliphatic heterocycles. The van der Waals surface area contributed by atoms with Crippen molar-refractivity contribution < 1.29 is 8.42 Å². The molecule has 5 nitrogen and oxygen atoms in total. The van der Waals surface area contributed by atoms with Gasteiger partial charge in [-0.1, -0.05) is 6.42 Å². The van der Waals surface area contributed by atoms with Crippen LogP contribution in [0.25, 0.3) is 0 Å². The molecule has 0 spiro atoms. The van der Waals surface area contributed by atoms with Crippen LogP contribution in [0, 0.1) is 17.8 Å². The summed E-state index contributed by atoms with van der Waals surface area (Å²) >= 11 is 0. The summed E-state index contributed by atoms with van der Waals surface area (Å²) < 4.78 is 22.4. The van der Waals surface area contributed by atoms with E-state index in [1.807, 2.05) is 6.92 Å². The van der Waals surface area contributed by atoms with Crippen molar-refractivity contribution in [3.63, 3.8) is 0 Å². The monoisotopic (exact) mass is 329 g/mol. The maximum Gasteiger partial charge on any atom is 0.191 e. The third kappa shape index (κ3) is 5.45. The highest BCUT2D eigenvalue weighted by atomic mass is 32.2. The third-order valence-electron chi connectivity index (χ3n) is 5.22. The molecular formula is C16H31N3O2S. The van der Waals surface area contributed by atoms with Gasteiger partial charge in [0.1, 0.15) is 9.84 Å². The Bertz CT molecular complexity index is 490. The fourth-order valence-corrected chi connectivity index (χ4v) is 4.78. The van der Waals surface area contributed by atoms with Crippen LogP contribution in [0.4, 0.5) is 0 Å². The van der Waals surface area contributed by atoms with Gasteiger partial charge in [-0.15, -0.1) is 0 Å². The molecule has 0 aromatic carbocycles. The Hall–Kier alpha value is -0.780. The fourth-order valence-electron chi connectivity index (χ4n) is 4.00. The number of sulfone groups is 1. The van der Waals surface area contributed by atoms with Gasteiger partial charge in [-0.3, -0.25) is 4.99 Å². The molecule has 2 aliphatic rings. The molecule has 2 rings (SSSR count). The van der Waals surface area contributed by atoms with E-state index in [9.17, 15) is 8.42 Å². The number of hydrogen-bond donors (Lipinski definition) is 2. The van der Waals surface area contributed by atoms with Crippen LogP contribution in [0.1, 0.15) is 45.4 Å². The average molecular weight is 330 g/mol. The first-order valence-corrected chi connectivity index (χ1v) is 10.6. The van der Waals surface area contributed by atoms with E-state index in [4.69, 9.17) is 0 Å². The first kappa shape index (κ1) is 17.6. The smallest absolute Gasteiger partial charge is 0.191 e. The zero-order valence-electron chi connectivity index (χ0n) is 14.1. The van der Waals surface area contributed by atoms with Crippen molar-refractivity contribution in [1.29, 1.82) is 0 Å². The second-order valence-electron chi connectivity index (χ2n) is 7.19. The fraction of sp³-hybridized carbons (Fsp3) is 0.938. The van der Waals surface area contributed by atoms with E-state index in [1.54, 1.807) is 7.05 Å². The van der Waals surface area contributed by atoms with Crippen LogP contribution in [-0.2, 0) is 9.84 Å². The number of nitrogens with zero attached hydrogens (tertiary/aromatic N) is 1. The maximum absolute atomic E-state index is 11.2. The van der Waals surface area contributed by atoms with Crippen LogP contribution >= 0.6 is 0 Å². The highest BCUT2D eigenvalue weighted by molar-refractivity contribution is 7.90. The van der Waals surface area contributed by atoms with Gasteiger partial charge in [0.05, 0.1) is 5.75 Å². The van der Waals surface area contributed by atoms with Crippen LogP contribution < -0.4 is 10.6 Å². The first-order chi connectivity index (χ1) is 10.4. The summed E-state index contributed by atoms with van der Waals surface area (Å²) in [5, 5.41) is 6.65. The van der Waals surface area contributed by atoms with Crippen molar-refractivity contribution in [1.82, 2.24) is 10.6 Å². The summed E-state index contributed by atoms with van der Waals surface area (Å²) in [5.74, 6) is 3.86. The maximum atomic E-state index is 11.2.